The van der Waals surface area contributed by atoms with Crippen molar-refractivity contribution >= 4 is 11.8 Å². The van der Waals surface area contributed by atoms with E-state index < -0.39 is 0 Å². The Kier molecular flexibility index (Phi) is 6.84. The minimum absolute atomic E-state index is 0.0522. The molecular formula is C14H27N3O2. The summed E-state index contributed by atoms with van der Waals surface area (Å²) in [6.07, 6.45) is 2.50. The summed E-state index contributed by atoms with van der Waals surface area (Å²) in [5.74, 6) is 0.223. The lowest BCUT2D eigenvalue weighted by atomic mass is 10.1. The van der Waals surface area contributed by atoms with Crippen LogP contribution in [0.25, 0.3) is 0 Å². The van der Waals surface area contributed by atoms with Crippen molar-refractivity contribution in [1.29, 1.82) is 0 Å². The van der Waals surface area contributed by atoms with E-state index in [2.05, 4.69) is 24.5 Å². The smallest absolute Gasteiger partial charge is 0.222 e. The summed E-state index contributed by atoms with van der Waals surface area (Å²) < 4.78 is 0. The summed E-state index contributed by atoms with van der Waals surface area (Å²) in [6, 6.07) is 0.570. The zero-order chi connectivity index (χ0) is 14.3. The van der Waals surface area contributed by atoms with E-state index in [1.807, 2.05) is 11.8 Å². The van der Waals surface area contributed by atoms with Gasteiger partial charge in [-0.2, -0.15) is 0 Å². The normalized spacial score (nSPS) is 23.2. The molecule has 0 aromatic rings. The van der Waals surface area contributed by atoms with Crippen molar-refractivity contribution in [1.82, 2.24) is 15.5 Å². The van der Waals surface area contributed by atoms with Gasteiger partial charge in [-0.3, -0.25) is 9.59 Å². The molecule has 1 heterocycles. The van der Waals surface area contributed by atoms with Crippen molar-refractivity contribution in [3.63, 3.8) is 0 Å². The van der Waals surface area contributed by atoms with Gasteiger partial charge in [-0.05, 0) is 26.7 Å². The molecule has 0 spiro atoms. The lowest BCUT2D eigenvalue weighted by Crippen LogP contribution is -2.57. The summed E-state index contributed by atoms with van der Waals surface area (Å²) >= 11 is 0. The van der Waals surface area contributed by atoms with Crippen LogP contribution in [0.5, 0.6) is 0 Å². The third-order valence-electron chi connectivity index (χ3n) is 3.72. The highest BCUT2D eigenvalue weighted by Crippen LogP contribution is 2.11. The minimum Gasteiger partial charge on any atom is -0.356 e. The number of carbonyl (C=O) groups excluding carboxylic acids is 2. The van der Waals surface area contributed by atoms with E-state index in [9.17, 15) is 9.59 Å². The fourth-order valence-electron chi connectivity index (χ4n) is 2.31. The molecule has 0 radical (unpaired) electrons. The molecule has 2 amide bonds. The summed E-state index contributed by atoms with van der Waals surface area (Å²) in [5.41, 5.74) is 0. The van der Waals surface area contributed by atoms with Gasteiger partial charge in [0.15, 0.2) is 0 Å². The summed E-state index contributed by atoms with van der Waals surface area (Å²) in [4.78, 5) is 25.5. The zero-order valence-electron chi connectivity index (χ0n) is 12.4. The maximum absolute atomic E-state index is 12.1. The van der Waals surface area contributed by atoms with Crippen molar-refractivity contribution in [2.45, 2.75) is 58.5 Å². The number of hydrogen-bond acceptors (Lipinski definition) is 3. The molecule has 0 aliphatic carbocycles. The fourth-order valence-corrected chi connectivity index (χ4v) is 2.31. The van der Waals surface area contributed by atoms with Crippen LogP contribution in [0.4, 0.5) is 0 Å². The molecular weight excluding hydrogens is 242 g/mol. The molecule has 1 saturated heterocycles. The first-order chi connectivity index (χ1) is 9.06. The Labute approximate surface area is 116 Å². The molecule has 2 atom stereocenters. The van der Waals surface area contributed by atoms with Crippen LogP contribution in [0.2, 0.25) is 0 Å². The van der Waals surface area contributed by atoms with Gasteiger partial charge in [0.25, 0.3) is 0 Å². The molecule has 0 aromatic heterocycles. The zero-order valence-corrected chi connectivity index (χ0v) is 12.4. The second-order valence-corrected chi connectivity index (χ2v) is 5.27. The Bertz CT molecular complexity index is 307. The van der Waals surface area contributed by atoms with E-state index >= 15 is 0 Å². The Morgan fingerprint density at radius 1 is 1.32 bits per heavy atom. The Hall–Kier alpha value is -1.10. The molecule has 110 valence electrons. The second kappa shape index (κ2) is 8.15. The van der Waals surface area contributed by atoms with Crippen molar-refractivity contribution in [3.8, 4) is 0 Å². The standard InChI is InChI=1S/C14H27N3O2/c1-4-8-16-13(18)6-5-7-14(19)17-10-9-15-11(2)12(17)3/h11-12,15H,4-10H2,1-3H3,(H,16,18). The number of amides is 2. The lowest BCUT2D eigenvalue weighted by molar-refractivity contribution is -0.135. The monoisotopic (exact) mass is 269 g/mol. The minimum atomic E-state index is 0.0522. The van der Waals surface area contributed by atoms with E-state index in [1.54, 1.807) is 0 Å². The van der Waals surface area contributed by atoms with Gasteiger partial charge < -0.3 is 15.5 Å². The van der Waals surface area contributed by atoms with Crippen molar-refractivity contribution < 1.29 is 9.59 Å². The molecule has 1 fully saturated rings. The van der Waals surface area contributed by atoms with Gasteiger partial charge in [0, 0.05) is 44.6 Å². The van der Waals surface area contributed by atoms with Crippen molar-refractivity contribution in [3.05, 3.63) is 0 Å². The lowest BCUT2D eigenvalue weighted by Gasteiger charge is -2.38. The Morgan fingerprint density at radius 2 is 2.05 bits per heavy atom. The van der Waals surface area contributed by atoms with Crippen LogP contribution in [0.3, 0.4) is 0 Å². The number of hydrogen-bond donors (Lipinski definition) is 2. The van der Waals surface area contributed by atoms with Gasteiger partial charge >= 0.3 is 0 Å². The second-order valence-electron chi connectivity index (χ2n) is 5.27. The van der Waals surface area contributed by atoms with Crippen molar-refractivity contribution in [2.75, 3.05) is 19.6 Å². The first-order valence-corrected chi connectivity index (χ1v) is 7.35. The first-order valence-electron chi connectivity index (χ1n) is 7.35. The Morgan fingerprint density at radius 3 is 2.74 bits per heavy atom. The average molecular weight is 269 g/mol. The highest BCUT2D eigenvalue weighted by atomic mass is 16.2. The number of nitrogens with one attached hydrogen (secondary N) is 2. The van der Waals surface area contributed by atoms with Gasteiger partial charge in [0.1, 0.15) is 0 Å². The summed E-state index contributed by atoms with van der Waals surface area (Å²) in [7, 11) is 0. The van der Waals surface area contributed by atoms with Gasteiger partial charge in [-0.1, -0.05) is 6.92 Å². The highest BCUT2D eigenvalue weighted by Gasteiger charge is 2.27. The van der Waals surface area contributed by atoms with E-state index in [0.29, 0.717) is 25.3 Å². The summed E-state index contributed by atoms with van der Waals surface area (Å²) in [6.45, 7) is 8.54. The predicted molar refractivity (Wildman–Crippen MR) is 75.8 cm³/mol. The van der Waals surface area contributed by atoms with Gasteiger partial charge in [0.05, 0.1) is 0 Å². The first kappa shape index (κ1) is 16.0. The average Bonchev–Trinajstić information content (AvgIpc) is 2.39. The van der Waals surface area contributed by atoms with Crippen LogP contribution < -0.4 is 10.6 Å². The van der Waals surface area contributed by atoms with Crippen LogP contribution in [0.1, 0.15) is 46.5 Å². The van der Waals surface area contributed by atoms with Crippen LogP contribution >= 0.6 is 0 Å². The quantitative estimate of drug-likeness (QED) is 0.753. The van der Waals surface area contributed by atoms with Crippen LogP contribution in [0.15, 0.2) is 0 Å². The topological polar surface area (TPSA) is 61.4 Å². The number of nitrogens with zero attached hydrogens (tertiary/aromatic N) is 1. The molecule has 1 rings (SSSR count). The third-order valence-corrected chi connectivity index (χ3v) is 3.72. The van der Waals surface area contributed by atoms with Gasteiger partial charge in [0.2, 0.25) is 11.8 Å². The number of carbonyl (C=O) groups is 2. The molecule has 0 aromatic carbocycles. The van der Waals surface area contributed by atoms with Crippen LogP contribution in [-0.2, 0) is 9.59 Å². The molecule has 19 heavy (non-hydrogen) atoms. The van der Waals surface area contributed by atoms with Gasteiger partial charge in [-0.15, -0.1) is 0 Å². The van der Waals surface area contributed by atoms with E-state index in [1.165, 1.54) is 0 Å². The van der Waals surface area contributed by atoms with E-state index in [0.717, 1.165) is 26.1 Å². The molecule has 2 N–H and O–H groups in total. The Balaban J connectivity index is 2.25. The van der Waals surface area contributed by atoms with Crippen LogP contribution in [-0.4, -0.2) is 48.4 Å². The summed E-state index contributed by atoms with van der Waals surface area (Å²) in [5, 5.41) is 6.18. The third kappa shape index (κ3) is 5.19. The van der Waals surface area contributed by atoms with Crippen LogP contribution in [0, 0.1) is 0 Å². The molecule has 5 heteroatoms. The maximum Gasteiger partial charge on any atom is 0.222 e. The molecule has 2 unspecified atom stereocenters. The number of rotatable bonds is 6. The predicted octanol–water partition coefficient (Wildman–Crippen LogP) is 0.892. The number of piperazine rings is 1. The largest absolute Gasteiger partial charge is 0.356 e. The SMILES string of the molecule is CCCNC(=O)CCCC(=O)N1CCNC(C)C1C. The molecule has 0 saturated carbocycles. The highest BCUT2D eigenvalue weighted by molar-refractivity contribution is 5.79. The van der Waals surface area contributed by atoms with E-state index in [4.69, 9.17) is 0 Å². The maximum atomic E-state index is 12.1. The van der Waals surface area contributed by atoms with Crippen molar-refractivity contribution in [2.24, 2.45) is 0 Å². The molecule has 0 bridgehead atoms. The fraction of sp³-hybridized carbons (Fsp3) is 0.857. The molecule has 1 aliphatic heterocycles. The molecule has 5 nitrogen and oxygen atoms in total. The van der Waals surface area contributed by atoms with E-state index in [-0.39, 0.29) is 17.9 Å². The van der Waals surface area contributed by atoms with Gasteiger partial charge in [-0.25, -0.2) is 0 Å². The molecule has 1 aliphatic rings.